The number of benzene rings is 1. The van der Waals surface area contributed by atoms with E-state index in [-0.39, 0.29) is 19.5 Å². The number of primary amides is 1. The van der Waals surface area contributed by atoms with Crippen LogP contribution in [0.5, 0.6) is 0 Å². The molecular weight excluding hydrogens is 262 g/mol. The summed E-state index contributed by atoms with van der Waals surface area (Å²) in [7, 11) is 0. The molecule has 3 amide bonds. The Morgan fingerprint density at radius 3 is 2.35 bits per heavy atom. The van der Waals surface area contributed by atoms with E-state index in [1.165, 1.54) is 4.90 Å². The van der Waals surface area contributed by atoms with E-state index in [1.54, 1.807) is 12.1 Å². The van der Waals surface area contributed by atoms with Crippen LogP contribution in [0.2, 0.25) is 0 Å². The maximum Gasteiger partial charge on any atom is 0.322 e. The van der Waals surface area contributed by atoms with E-state index in [0.29, 0.717) is 5.69 Å². The first-order valence-corrected chi connectivity index (χ1v) is 6.02. The number of nitrogens with two attached hydrogens (primary N) is 1. The first-order chi connectivity index (χ1) is 9.40. The van der Waals surface area contributed by atoms with Gasteiger partial charge in [-0.2, -0.15) is 0 Å². The number of aryl methyl sites for hydroxylation is 1. The van der Waals surface area contributed by atoms with E-state index < -0.39 is 17.9 Å². The minimum absolute atomic E-state index is 0.00297. The van der Waals surface area contributed by atoms with Crippen LogP contribution in [-0.4, -0.2) is 36.1 Å². The van der Waals surface area contributed by atoms with E-state index in [1.807, 2.05) is 19.1 Å². The fraction of sp³-hybridized carbons (Fsp3) is 0.308. The highest BCUT2D eigenvalue weighted by molar-refractivity contribution is 5.94. The molecule has 0 aliphatic carbocycles. The summed E-state index contributed by atoms with van der Waals surface area (Å²) >= 11 is 0. The van der Waals surface area contributed by atoms with Gasteiger partial charge in [-0.15, -0.1) is 0 Å². The Balaban J connectivity index is 2.83. The lowest BCUT2D eigenvalue weighted by Gasteiger charge is -2.22. The number of carboxylic acid groups (broad SMARTS) is 1. The fourth-order valence-electron chi connectivity index (χ4n) is 1.54. The Hall–Kier alpha value is -2.57. The molecule has 0 atom stereocenters. The summed E-state index contributed by atoms with van der Waals surface area (Å²) in [5, 5.41) is 11.1. The van der Waals surface area contributed by atoms with Crippen molar-refractivity contribution < 1.29 is 19.5 Å². The average Bonchev–Trinajstić information content (AvgIpc) is 2.38. The van der Waals surface area contributed by atoms with Crippen molar-refractivity contribution in [3.8, 4) is 0 Å². The van der Waals surface area contributed by atoms with E-state index in [9.17, 15) is 14.4 Å². The minimum Gasteiger partial charge on any atom is -0.481 e. The number of carbonyl (C=O) groups is 3. The quantitative estimate of drug-likeness (QED) is 0.702. The predicted octanol–water partition coefficient (Wildman–Crippen LogP) is 0.471. The number of nitrogens with one attached hydrogen (secondary N) is 1. The molecule has 0 heterocycles. The van der Waals surface area contributed by atoms with Gasteiger partial charge in [-0.3, -0.25) is 14.5 Å². The second-order valence-corrected chi connectivity index (χ2v) is 4.26. The SMILES string of the molecule is Cc1ccc(N(CCC(=O)O)C(=O)NCC(N)=O)cc1. The number of carbonyl (C=O) groups excluding carboxylic acids is 2. The molecular formula is C13H17N3O4. The molecule has 0 saturated carbocycles. The number of hydrogen-bond acceptors (Lipinski definition) is 3. The molecule has 0 unspecified atom stereocenters. The molecule has 20 heavy (non-hydrogen) atoms. The average molecular weight is 279 g/mol. The van der Waals surface area contributed by atoms with Crippen molar-refractivity contribution in [1.29, 1.82) is 0 Å². The maximum atomic E-state index is 12.0. The van der Waals surface area contributed by atoms with Gasteiger partial charge in [-0.1, -0.05) is 17.7 Å². The Bertz CT molecular complexity index is 499. The van der Waals surface area contributed by atoms with Gasteiger partial charge in [-0.05, 0) is 19.1 Å². The number of urea groups is 1. The van der Waals surface area contributed by atoms with Crippen LogP contribution >= 0.6 is 0 Å². The minimum atomic E-state index is -1.01. The molecule has 0 aliphatic heterocycles. The highest BCUT2D eigenvalue weighted by atomic mass is 16.4. The van der Waals surface area contributed by atoms with Crippen LogP contribution in [0, 0.1) is 6.92 Å². The van der Waals surface area contributed by atoms with E-state index >= 15 is 0 Å². The third kappa shape index (κ3) is 4.97. The number of aliphatic carboxylic acids is 1. The van der Waals surface area contributed by atoms with Gasteiger partial charge in [0.25, 0.3) is 0 Å². The van der Waals surface area contributed by atoms with Crippen molar-refractivity contribution in [3.05, 3.63) is 29.8 Å². The van der Waals surface area contributed by atoms with Crippen molar-refractivity contribution >= 4 is 23.6 Å². The van der Waals surface area contributed by atoms with E-state index in [2.05, 4.69) is 5.32 Å². The van der Waals surface area contributed by atoms with Gasteiger partial charge in [0.2, 0.25) is 5.91 Å². The zero-order valence-corrected chi connectivity index (χ0v) is 11.1. The first kappa shape index (κ1) is 15.5. The number of rotatable bonds is 6. The summed E-state index contributed by atoms with van der Waals surface area (Å²) in [5.74, 6) is -1.68. The van der Waals surface area contributed by atoms with Crippen molar-refractivity contribution in [2.75, 3.05) is 18.0 Å². The Kier molecular flexibility index (Phi) is 5.52. The Morgan fingerprint density at radius 1 is 1.25 bits per heavy atom. The number of nitrogens with zero attached hydrogens (tertiary/aromatic N) is 1. The molecule has 0 aromatic heterocycles. The third-order valence-electron chi connectivity index (χ3n) is 2.55. The number of hydrogen-bond donors (Lipinski definition) is 3. The smallest absolute Gasteiger partial charge is 0.322 e. The molecule has 7 nitrogen and oxygen atoms in total. The van der Waals surface area contributed by atoms with E-state index in [0.717, 1.165) is 5.56 Å². The van der Waals surface area contributed by atoms with Crippen LogP contribution < -0.4 is 16.0 Å². The van der Waals surface area contributed by atoms with Gasteiger partial charge in [0.05, 0.1) is 13.0 Å². The molecule has 108 valence electrons. The van der Waals surface area contributed by atoms with Crippen LogP contribution in [0.3, 0.4) is 0 Å². The monoisotopic (exact) mass is 279 g/mol. The van der Waals surface area contributed by atoms with Crippen molar-refractivity contribution in [1.82, 2.24) is 5.32 Å². The summed E-state index contributed by atoms with van der Waals surface area (Å²) in [4.78, 5) is 34.5. The van der Waals surface area contributed by atoms with Gasteiger partial charge in [0.15, 0.2) is 0 Å². The lowest BCUT2D eigenvalue weighted by atomic mass is 10.2. The van der Waals surface area contributed by atoms with Crippen LogP contribution in [0.1, 0.15) is 12.0 Å². The van der Waals surface area contributed by atoms with Crippen LogP contribution in [0.15, 0.2) is 24.3 Å². The molecule has 0 spiro atoms. The lowest BCUT2D eigenvalue weighted by Crippen LogP contribution is -2.44. The van der Waals surface area contributed by atoms with Crippen LogP contribution in [-0.2, 0) is 9.59 Å². The topological polar surface area (TPSA) is 113 Å². The standard InChI is InChI=1S/C13H17N3O4/c1-9-2-4-10(5-3-9)16(7-6-12(18)19)13(20)15-8-11(14)17/h2-5H,6-8H2,1H3,(H2,14,17)(H,15,20)(H,18,19). The normalized spacial score (nSPS) is 9.85. The fourth-order valence-corrected chi connectivity index (χ4v) is 1.54. The molecule has 1 rings (SSSR count). The largest absolute Gasteiger partial charge is 0.481 e. The van der Waals surface area contributed by atoms with Gasteiger partial charge in [-0.25, -0.2) is 4.79 Å². The number of anilines is 1. The molecule has 0 saturated heterocycles. The second-order valence-electron chi connectivity index (χ2n) is 4.26. The highest BCUT2D eigenvalue weighted by Gasteiger charge is 2.17. The van der Waals surface area contributed by atoms with Gasteiger partial charge < -0.3 is 16.2 Å². The molecule has 1 aromatic carbocycles. The van der Waals surface area contributed by atoms with Crippen molar-refractivity contribution in [2.24, 2.45) is 5.73 Å². The van der Waals surface area contributed by atoms with Crippen LogP contribution in [0.25, 0.3) is 0 Å². The van der Waals surface area contributed by atoms with Gasteiger partial charge in [0.1, 0.15) is 0 Å². The van der Waals surface area contributed by atoms with Crippen molar-refractivity contribution in [2.45, 2.75) is 13.3 Å². The maximum absolute atomic E-state index is 12.0. The van der Waals surface area contributed by atoms with Gasteiger partial charge in [0, 0.05) is 12.2 Å². The molecule has 0 aliphatic rings. The predicted molar refractivity (Wildman–Crippen MR) is 73.4 cm³/mol. The summed E-state index contributed by atoms with van der Waals surface area (Å²) in [6.07, 6.45) is -0.197. The zero-order valence-electron chi connectivity index (χ0n) is 11.1. The Morgan fingerprint density at radius 2 is 1.85 bits per heavy atom. The summed E-state index contributed by atoms with van der Waals surface area (Å²) in [5.41, 5.74) is 6.53. The molecule has 0 fully saturated rings. The van der Waals surface area contributed by atoms with Crippen molar-refractivity contribution in [3.63, 3.8) is 0 Å². The first-order valence-electron chi connectivity index (χ1n) is 6.02. The molecule has 0 bridgehead atoms. The number of amides is 3. The zero-order chi connectivity index (χ0) is 15.1. The highest BCUT2D eigenvalue weighted by Crippen LogP contribution is 2.15. The van der Waals surface area contributed by atoms with Crippen LogP contribution in [0.4, 0.5) is 10.5 Å². The Labute approximate surface area is 116 Å². The molecule has 4 N–H and O–H groups in total. The summed E-state index contributed by atoms with van der Waals surface area (Å²) in [6, 6.07) is 6.48. The molecule has 1 aromatic rings. The van der Waals surface area contributed by atoms with Gasteiger partial charge >= 0.3 is 12.0 Å². The second kappa shape index (κ2) is 7.13. The summed E-state index contributed by atoms with van der Waals surface area (Å²) < 4.78 is 0. The molecule has 7 heteroatoms. The third-order valence-corrected chi connectivity index (χ3v) is 2.55. The molecule has 0 radical (unpaired) electrons. The lowest BCUT2D eigenvalue weighted by molar-refractivity contribution is -0.136. The summed E-state index contributed by atoms with van der Waals surface area (Å²) in [6.45, 7) is 1.61. The van der Waals surface area contributed by atoms with E-state index in [4.69, 9.17) is 10.8 Å². The number of carboxylic acids is 1.